The van der Waals surface area contributed by atoms with Crippen molar-refractivity contribution < 1.29 is 14.6 Å². The number of phenolic OH excluding ortho intramolecular Hbond substituents is 1. The molecule has 0 radical (unpaired) electrons. The van der Waals surface area contributed by atoms with Crippen molar-refractivity contribution in [3.63, 3.8) is 0 Å². The number of hydrogen-bond donors (Lipinski definition) is 1. The first-order chi connectivity index (χ1) is 8.58. The zero-order valence-corrected chi connectivity index (χ0v) is 11.6. The van der Waals surface area contributed by atoms with E-state index >= 15 is 0 Å². The fraction of sp³-hybridized carbons (Fsp3) is 0.571. The van der Waals surface area contributed by atoms with Crippen LogP contribution < -0.4 is 4.74 Å². The molecule has 4 nitrogen and oxygen atoms in total. The van der Waals surface area contributed by atoms with Crippen LogP contribution in [-0.4, -0.2) is 43.4 Å². The lowest BCUT2D eigenvalue weighted by molar-refractivity contribution is 0.125. The van der Waals surface area contributed by atoms with Crippen molar-refractivity contribution in [3.8, 4) is 11.5 Å². The molecule has 1 rings (SSSR count). The predicted molar refractivity (Wildman–Crippen MR) is 72.1 cm³/mol. The van der Waals surface area contributed by atoms with Gasteiger partial charge in [-0.1, -0.05) is 6.07 Å². The van der Waals surface area contributed by atoms with Gasteiger partial charge in [-0.05, 0) is 31.5 Å². The van der Waals surface area contributed by atoms with Gasteiger partial charge >= 0.3 is 0 Å². The maximum Gasteiger partial charge on any atom is 0.160 e. The minimum atomic E-state index is 0.175. The van der Waals surface area contributed by atoms with E-state index in [1.807, 2.05) is 12.1 Å². The van der Waals surface area contributed by atoms with Gasteiger partial charge < -0.3 is 14.6 Å². The standard InChI is InChI=1S/C14H23NO3/c1-11(2)15(7-8-17-3)10-12-5-6-13(16)14(9-12)18-4/h5-6,9,11,16H,7-8,10H2,1-4H3. The highest BCUT2D eigenvalue weighted by molar-refractivity contribution is 5.41. The van der Waals surface area contributed by atoms with Crippen LogP contribution in [0, 0.1) is 0 Å². The van der Waals surface area contributed by atoms with Gasteiger partial charge in [-0.3, -0.25) is 4.90 Å². The van der Waals surface area contributed by atoms with E-state index in [4.69, 9.17) is 9.47 Å². The van der Waals surface area contributed by atoms with E-state index in [2.05, 4.69) is 18.7 Å². The Bertz CT molecular complexity index is 366. The maximum atomic E-state index is 9.56. The fourth-order valence-electron chi connectivity index (χ4n) is 1.78. The van der Waals surface area contributed by atoms with E-state index in [1.54, 1.807) is 20.3 Å². The lowest BCUT2D eigenvalue weighted by atomic mass is 10.1. The molecule has 0 spiro atoms. The summed E-state index contributed by atoms with van der Waals surface area (Å²) in [5, 5.41) is 9.56. The molecule has 0 fully saturated rings. The number of methoxy groups -OCH3 is 2. The van der Waals surface area contributed by atoms with Gasteiger partial charge in [0.2, 0.25) is 0 Å². The summed E-state index contributed by atoms with van der Waals surface area (Å²) < 4.78 is 10.2. The van der Waals surface area contributed by atoms with Crippen molar-refractivity contribution >= 4 is 0 Å². The molecule has 1 aromatic rings. The van der Waals surface area contributed by atoms with Crippen LogP contribution >= 0.6 is 0 Å². The molecule has 0 saturated heterocycles. The highest BCUT2D eigenvalue weighted by Gasteiger charge is 2.11. The van der Waals surface area contributed by atoms with Crippen LogP contribution in [0.15, 0.2) is 18.2 Å². The number of hydrogen-bond acceptors (Lipinski definition) is 4. The van der Waals surface area contributed by atoms with Crippen molar-refractivity contribution in [1.82, 2.24) is 4.90 Å². The Hall–Kier alpha value is -1.26. The molecule has 4 heteroatoms. The van der Waals surface area contributed by atoms with Crippen molar-refractivity contribution in [2.45, 2.75) is 26.4 Å². The van der Waals surface area contributed by atoms with Crippen LogP contribution in [0.2, 0.25) is 0 Å². The largest absolute Gasteiger partial charge is 0.504 e. The molecule has 1 aromatic carbocycles. The number of rotatable bonds is 7. The van der Waals surface area contributed by atoms with Crippen LogP contribution in [-0.2, 0) is 11.3 Å². The quantitative estimate of drug-likeness (QED) is 0.809. The summed E-state index contributed by atoms with van der Waals surface area (Å²) >= 11 is 0. The molecular formula is C14H23NO3. The smallest absolute Gasteiger partial charge is 0.160 e. The van der Waals surface area contributed by atoms with Crippen LogP contribution in [0.1, 0.15) is 19.4 Å². The van der Waals surface area contributed by atoms with Gasteiger partial charge in [-0.2, -0.15) is 0 Å². The minimum Gasteiger partial charge on any atom is -0.504 e. The first kappa shape index (κ1) is 14.8. The van der Waals surface area contributed by atoms with Crippen molar-refractivity contribution in [2.75, 3.05) is 27.4 Å². The zero-order valence-electron chi connectivity index (χ0n) is 11.6. The molecule has 0 unspecified atom stereocenters. The molecule has 0 amide bonds. The molecule has 0 aliphatic carbocycles. The van der Waals surface area contributed by atoms with E-state index in [0.29, 0.717) is 18.4 Å². The van der Waals surface area contributed by atoms with Crippen LogP contribution in [0.4, 0.5) is 0 Å². The molecule has 0 saturated carbocycles. The van der Waals surface area contributed by atoms with Crippen molar-refractivity contribution in [2.24, 2.45) is 0 Å². The molecule has 0 bridgehead atoms. The van der Waals surface area contributed by atoms with E-state index in [0.717, 1.165) is 18.7 Å². The van der Waals surface area contributed by atoms with Gasteiger partial charge in [-0.15, -0.1) is 0 Å². The summed E-state index contributed by atoms with van der Waals surface area (Å²) in [7, 11) is 3.27. The van der Waals surface area contributed by atoms with Crippen molar-refractivity contribution in [3.05, 3.63) is 23.8 Å². The number of aromatic hydroxyl groups is 1. The Kier molecular flexibility index (Phi) is 5.95. The summed E-state index contributed by atoms with van der Waals surface area (Å²) in [5.74, 6) is 0.692. The molecule has 1 N–H and O–H groups in total. The monoisotopic (exact) mass is 253 g/mol. The summed E-state index contributed by atoms with van der Waals surface area (Å²) in [5.41, 5.74) is 1.12. The Morgan fingerprint density at radius 3 is 2.56 bits per heavy atom. The molecule has 102 valence electrons. The Labute approximate surface area is 109 Å². The van der Waals surface area contributed by atoms with Crippen LogP contribution in [0.5, 0.6) is 11.5 Å². The summed E-state index contributed by atoms with van der Waals surface area (Å²) in [6.45, 7) is 6.74. The molecule has 0 aliphatic rings. The van der Waals surface area contributed by atoms with Crippen LogP contribution in [0.3, 0.4) is 0 Å². The molecule has 18 heavy (non-hydrogen) atoms. The second-order valence-corrected chi connectivity index (χ2v) is 4.56. The lowest BCUT2D eigenvalue weighted by Crippen LogP contribution is -2.33. The first-order valence-electron chi connectivity index (χ1n) is 6.17. The molecule has 0 atom stereocenters. The first-order valence-corrected chi connectivity index (χ1v) is 6.17. The Morgan fingerprint density at radius 1 is 1.28 bits per heavy atom. The number of ether oxygens (including phenoxy) is 2. The summed E-state index contributed by atoms with van der Waals surface area (Å²) in [6.07, 6.45) is 0. The third kappa shape index (κ3) is 4.20. The molecule has 0 heterocycles. The second-order valence-electron chi connectivity index (χ2n) is 4.56. The third-order valence-electron chi connectivity index (χ3n) is 2.94. The van der Waals surface area contributed by atoms with Gasteiger partial charge in [0.05, 0.1) is 13.7 Å². The predicted octanol–water partition coefficient (Wildman–Crippen LogP) is 2.26. The SMILES string of the molecule is COCCN(Cc1ccc(O)c(OC)c1)C(C)C. The zero-order chi connectivity index (χ0) is 13.5. The van der Waals surface area contributed by atoms with E-state index in [9.17, 15) is 5.11 Å². The third-order valence-corrected chi connectivity index (χ3v) is 2.94. The summed E-state index contributed by atoms with van der Waals surface area (Å²) in [4.78, 5) is 2.31. The summed E-state index contributed by atoms with van der Waals surface area (Å²) in [6, 6.07) is 5.90. The minimum absolute atomic E-state index is 0.175. The number of phenols is 1. The normalized spacial score (nSPS) is 11.2. The second kappa shape index (κ2) is 7.24. The average molecular weight is 253 g/mol. The van der Waals surface area contributed by atoms with E-state index in [-0.39, 0.29) is 5.75 Å². The van der Waals surface area contributed by atoms with Gasteiger partial charge in [0.25, 0.3) is 0 Å². The average Bonchev–Trinajstić information content (AvgIpc) is 2.36. The van der Waals surface area contributed by atoms with Gasteiger partial charge in [0, 0.05) is 26.2 Å². The maximum absolute atomic E-state index is 9.56. The number of nitrogens with zero attached hydrogens (tertiary/aromatic N) is 1. The van der Waals surface area contributed by atoms with Crippen LogP contribution in [0.25, 0.3) is 0 Å². The topological polar surface area (TPSA) is 41.9 Å². The Morgan fingerprint density at radius 2 is 2.00 bits per heavy atom. The highest BCUT2D eigenvalue weighted by atomic mass is 16.5. The Balaban J connectivity index is 2.74. The van der Waals surface area contributed by atoms with Gasteiger partial charge in [0.15, 0.2) is 11.5 Å². The van der Waals surface area contributed by atoms with E-state index in [1.165, 1.54) is 0 Å². The highest BCUT2D eigenvalue weighted by Crippen LogP contribution is 2.26. The lowest BCUT2D eigenvalue weighted by Gasteiger charge is -2.26. The van der Waals surface area contributed by atoms with E-state index < -0.39 is 0 Å². The number of benzene rings is 1. The molecule has 0 aromatic heterocycles. The fourth-order valence-corrected chi connectivity index (χ4v) is 1.78. The molecular weight excluding hydrogens is 230 g/mol. The van der Waals surface area contributed by atoms with Crippen molar-refractivity contribution in [1.29, 1.82) is 0 Å². The van der Waals surface area contributed by atoms with Gasteiger partial charge in [-0.25, -0.2) is 0 Å². The molecule has 0 aliphatic heterocycles. The van der Waals surface area contributed by atoms with Gasteiger partial charge in [0.1, 0.15) is 0 Å².